The predicted molar refractivity (Wildman–Crippen MR) is 79.3 cm³/mol. The smallest absolute Gasteiger partial charge is 0.249 e. The van der Waals surface area contributed by atoms with Gasteiger partial charge in [-0.2, -0.15) is 0 Å². The zero-order valence-electron chi connectivity index (χ0n) is 12.6. The zero-order chi connectivity index (χ0) is 15.1. The number of amides is 1. The number of carbonyl (C=O) groups excluding carboxylic acids is 1. The Balaban J connectivity index is 2.01. The van der Waals surface area contributed by atoms with Crippen molar-refractivity contribution in [2.45, 2.75) is 31.9 Å². The minimum absolute atomic E-state index is 0.0663. The highest BCUT2D eigenvalue weighted by Crippen LogP contribution is 2.20. The lowest BCUT2D eigenvalue weighted by molar-refractivity contribution is -0.131. The number of rotatable bonds is 7. The van der Waals surface area contributed by atoms with Gasteiger partial charge in [-0.1, -0.05) is 12.1 Å². The van der Waals surface area contributed by atoms with Crippen molar-refractivity contribution in [2.75, 3.05) is 26.9 Å². The summed E-state index contributed by atoms with van der Waals surface area (Å²) < 4.78 is 16.0. The first-order valence-electron chi connectivity index (χ1n) is 7.38. The lowest BCUT2D eigenvalue weighted by atomic mass is 10.1. The van der Waals surface area contributed by atoms with Gasteiger partial charge in [0, 0.05) is 13.7 Å². The fraction of sp³-hybridized carbons (Fsp3) is 0.562. The van der Waals surface area contributed by atoms with E-state index < -0.39 is 0 Å². The summed E-state index contributed by atoms with van der Waals surface area (Å²) in [4.78, 5) is 12.2. The van der Waals surface area contributed by atoms with Gasteiger partial charge in [0.15, 0.2) is 0 Å². The molecular weight excluding hydrogens is 270 g/mol. The molecule has 0 spiro atoms. The van der Waals surface area contributed by atoms with Gasteiger partial charge in [-0.25, -0.2) is 0 Å². The Hall–Kier alpha value is -1.59. The molecule has 1 fully saturated rings. The highest BCUT2D eigenvalue weighted by Gasteiger charge is 2.26. The molecule has 5 nitrogen and oxygen atoms in total. The fourth-order valence-electron chi connectivity index (χ4n) is 2.40. The van der Waals surface area contributed by atoms with Crippen LogP contribution in [-0.2, 0) is 14.3 Å². The maximum absolute atomic E-state index is 12.2. The van der Waals surface area contributed by atoms with E-state index >= 15 is 0 Å². The third kappa shape index (κ3) is 4.44. The van der Waals surface area contributed by atoms with E-state index in [1.807, 2.05) is 31.2 Å². The topological polar surface area (TPSA) is 56.8 Å². The minimum atomic E-state index is -0.327. The van der Waals surface area contributed by atoms with Gasteiger partial charge in [0.2, 0.25) is 5.91 Å². The summed E-state index contributed by atoms with van der Waals surface area (Å²) in [6.07, 6.45) is 1.40. The van der Waals surface area contributed by atoms with Crippen molar-refractivity contribution in [1.29, 1.82) is 0 Å². The minimum Gasteiger partial charge on any atom is -0.494 e. The van der Waals surface area contributed by atoms with E-state index in [9.17, 15) is 4.79 Å². The lowest BCUT2D eigenvalue weighted by Crippen LogP contribution is -2.38. The second-order valence-electron chi connectivity index (χ2n) is 5.02. The Morgan fingerprint density at radius 2 is 2.19 bits per heavy atom. The van der Waals surface area contributed by atoms with Gasteiger partial charge in [0.05, 0.1) is 19.3 Å². The maximum atomic E-state index is 12.2. The van der Waals surface area contributed by atoms with Crippen molar-refractivity contribution in [3.05, 3.63) is 29.8 Å². The Morgan fingerprint density at radius 1 is 1.43 bits per heavy atom. The van der Waals surface area contributed by atoms with Gasteiger partial charge in [-0.3, -0.25) is 4.79 Å². The molecule has 116 valence electrons. The predicted octanol–water partition coefficient (Wildman–Crippen LogP) is 2.07. The molecule has 1 heterocycles. The molecule has 0 radical (unpaired) electrons. The summed E-state index contributed by atoms with van der Waals surface area (Å²) in [7, 11) is 1.62. The summed E-state index contributed by atoms with van der Waals surface area (Å²) in [6, 6.07) is 7.52. The van der Waals surface area contributed by atoms with Crippen LogP contribution in [0.5, 0.6) is 5.75 Å². The molecule has 21 heavy (non-hydrogen) atoms. The number of nitrogens with one attached hydrogen (secondary N) is 1. The van der Waals surface area contributed by atoms with Crippen LogP contribution in [0.25, 0.3) is 0 Å². The lowest BCUT2D eigenvalue weighted by Gasteiger charge is -2.20. The Morgan fingerprint density at radius 3 is 2.76 bits per heavy atom. The van der Waals surface area contributed by atoms with Crippen LogP contribution in [0.4, 0.5) is 0 Å². The number of hydrogen-bond donors (Lipinski definition) is 1. The molecule has 5 heteroatoms. The molecular formula is C16H23NO4. The molecule has 0 aliphatic carbocycles. The van der Waals surface area contributed by atoms with Gasteiger partial charge < -0.3 is 19.5 Å². The van der Waals surface area contributed by atoms with Crippen LogP contribution in [0.15, 0.2) is 24.3 Å². The molecule has 1 N–H and O–H groups in total. The van der Waals surface area contributed by atoms with E-state index in [0.717, 1.165) is 24.2 Å². The molecule has 1 amide bonds. The first-order valence-corrected chi connectivity index (χ1v) is 7.38. The highest BCUT2D eigenvalue weighted by molar-refractivity contribution is 5.81. The average Bonchev–Trinajstić information content (AvgIpc) is 3.02. The molecule has 2 atom stereocenters. The van der Waals surface area contributed by atoms with Crippen molar-refractivity contribution in [3.63, 3.8) is 0 Å². The van der Waals surface area contributed by atoms with Crippen molar-refractivity contribution in [3.8, 4) is 5.75 Å². The second kappa shape index (κ2) is 8.00. The molecule has 0 saturated carbocycles. The first kappa shape index (κ1) is 15.8. The van der Waals surface area contributed by atoms with E-state index in [4.69, 9.17) is 14.2 Å². The first-order chi connectivity index (χ1) is 10.2. The van der Waals surface area contributed by atoms with Crippen LogP contribution >= 0.6 is 0 Å². The quantitative estimate of drug-likeness (QED) is 0.836. The van der Waals surface area contributed by atoms with Crippen LogP contribution in [0.3, 0.4) is 0 Å². The molecule has 1 saturated heterocycles. The third-order valence-electron chi connectivity index (χ3n) is 3.47. The van der Waals surface area contributed by atoms with Crippen molar-refractivity contribution in [2.24, 2.45) is 0 Å². The summed E-state index contributed by atoms with van der Waals surface area (Å²) in [5.41, 5.74) is 0.992. The van der Waals surface area contributed by atoms with Crippen molar-refractivity contribution >= 4 is 5.91 Å². The molecule has 1 aliphatic rings. The van der Waals surface area contributed by atoms with Crippen LogP contribution in [-0.4, -0.2) is 38.9 Å². The molecule has 1 aliphatic heterocycles. The number of ether oxygens (including phenoxy) is 3. The van der Waals surface area contributed by atoms with Crippen LogP contribution in [0, 0.1) is 0 Å². The maximum Gasteiger partial charge on any atom is 0.249 e. The highest BCUT2D eigenvalue weighted by atomic mass is 16.5. The van der Waals surface area contributed by atoms with Gasteiger partial charge in [-0.15, -0.1) is 0 Å². The van der Waals surface area contributed by atoms with Gasteiger partial charge in [0.25, 0.3) is 0 Å². The van der Waals surface area contributed by atoms with E-state index in [0.29, 0.717) is 19.8 Å². The number of methoxy groups -OCH3 is 1. The summed E-state index contributed by atoms with van der Waals surface area (Å²) >= 11 is 0. The van der Waals surface area contributed by atoms with Gasteiger partial charge in [-0.05, 0) is 37.5 Å². The normalized spacial score (nSPS) is 19.2. The zero-order valence-corrected chi connectivity index (χ0v) is 12.6. The standard InChI is InChI=1S/C16H23NO4/c1-3-20-13-8-6-12(7-9-13)14(11-19-2)17-16(18)15-5-4-10-21-15/h6-9,14-15H,3-5,10-11H2,1-2H3,(H,17,18)/t14-,15+/m1/s1. The van der Waals surface area contributed by atoms with Crippen LogP contribution in [0.1, 0.15) is 31.4 Å². The van der Waals surface area contributed by atoms with Crippen molar-refractivity contribution < 1.29 is 19.0 Å². The Bertz CT molecular complexity index is 440. The molecule has 0 bridgehead atoms. The number of benzene rings is 1. The molecule has 1 aromatic rings. The van der Waals surface area contributed by atoms with Gasteiger partial charge in [0.1, 0.15) is 11.9 Å². The SMILES string of the molecule is CCOc1ccc([C@@H](COC)NC(=O)[C@@H]2CCCO2)cc1. The molecule has 0 unspecified atom stereocenters. The largest absolute Gasteiger partial charge is 0.494 e. The number of hydrogen-bond acceptors (Lipinski definition) is 4. The van der Waals surface area contributed by atoms with E-state index in [2.05, 4.69) is 5.32 Å². The van der Waals surface area contributed by atoms with E-state index in [1.165, 1.54) is 0 Å². The third-order valence-corrected chi connectivity index (χ3v) is 3.47. The van der Waals surface area contributed by atoms with Gasteiger partial charge >= 0.3 is 0 Å². The van der Waals surface area contributed by atoms with Crippen LogP contribution in [0.2, 0.25) is 0 Å². The van der Waals surface area contributed by atoms with Crippen molar-refractivity contribution in [1.82, 2.24) is 5.32 Å². The van der Waals surface area contributed by atoms with Crippen LogP contribution < -0.4 is 10.1 Å². The molecule has 0 aromatic heterocycles. The fourth-order valence-corrected chi connectivity index (χ4v) is 2.40. The second-order valence-corrected chi connectivity index (χ2v) is 5.02. The van der Waals surface area contributed by atoms with E-state index in [-0.39, 0.29) is 18.1 Å². The molecule has 1 aromatic carbocycles. The molecule has 2 rings (SSSR count). The Labute approximate surface area is 125 Å². The average molecular weight is 293 g/mol. The summed E-state index contributed by atoms with van der Waals surface area (Å²) in [5, 5.41) is 3.00. The summed E-state index contributed by atoms with van der Waals surface area (Å²) in [6.45, 7) is 3.67. The Kier molecular flexibility index (Phi) is 6.02. The summed E-state index contributed by atoms with van der Waals surface area (Å²) in [5.74, 6) is 0.756. The van der Waals surface area contributed by atoms with E-state index in [1.54, 1.807) is 7.11 Å². The number of carbonyl (C=O) groups is 1. The monoisotopic (exact) mass is 293 g/mol.